The third-order valence-corrected chi connectivity index (χ3v) is 5.08. The standard InChI is InChI=1S/C20H13F6NO3S/c1-10-6-11(7-16-17(28)27-18(29)31-16)2-5-15(10)30-9-12-3-4-13(19(21,22)23)8-14(12)20(24,25)26/h2-8H,9H2,1H3,(H,27,28,29). The molecule has 1 aliphatic heterocycles. The highest BCUT2D eigenvalue weighted by molar-refractivity contribution is 8.18. The van der Waals surface area contributed by atoms with E-state index >= 15 is 0 Å². The lowest BCUT2D eigenvalue weighted by atomic mass is 10.0. The Hall–Kier alpha value is -2.95. The molecule has 1 heterocycles. The smallest absolute Gasteiger partial charge is 0.416 e. The van der Waals surface area contributed by atoms with E-state index in [9.17, 15) is 35.9 Å². The fourth-order valence-corrected chi connectivity index (χ4v) is 3.48. The van der Waals surface area contributed by atoms with Crippen LogP contribution in [0.5, 0.6) is 5.75 Å². The molecule has 2 amide bonds. The van der Waals surface area contributed by atoms with Crippen LogP contribution in [0.1, 0.15) is 27.8 Å². The van der Waals surface area contributed by atoms with Gasteiger partial charge in [0.25, 0.3) is 11.1 Å². The number of halogens is 6. The highest BCUT2D eigenvalue weighted by atomic mass is 32.2. The second-order valence-electron chi connectivity index (χ2n) is 6.53. The lowest BCUT2D eigenvalue weighted by Gasteiger charge is -2.17. The number of alkyl halides is 6. The van der Waals surface area contributed by atoms with Crippen LogP contribution in [0.3, 0.4) is 0 Å². The Kier molecular flexibility index (Phi) is 6.08. The highest BCUT2D eigenvalue weighted by Crippen LogP contribution is 2.38. The first-order valence-electron chi connectivity index (χ1n) is 8.60. The quantitative estimate of drug-likeness (QED) is 0.453. The van der Waals surface area contributed by atoms with Gasteiger partial charge >= 0.3 is 12.4 Å². The van der Waals surface area contributed by atoms with Crippen molar-refractivity contribution < 1.29 is 40.7 Å². The summed E-state index contributed by atoms with van der Waals surface area (Å²) in [4.78, 5) is 23.0. The third-order valence-electron chi connectivity index (χ3n) is 4.26. The largest absolute Gasteiger partial charge is 0.489 e. The Labute approximate surface area is 176 Å². The Morgan fingerprint density at radius 2 is 1.71 bits per heavy atom. The maximum Gasteiger partial charge on any atom is 0.416 e. The number of carbonyl (C=O) groups excluding carboxylic acids is 2. The summed E-state index contributed by atoms with van der Waals surface area (Å²) in [7, 11) is 0. The summed E-state index contributed by atoms with van der Waals surface area (Å²) in [5.74, 6) is -0.315. The molecule has 0 aromatic heterocycles. The molecule has 0 bridgehead atoms. The van der Waals surface area contributed by atoms with Gasteiger partial charge in [-0.15, -0.1) is 0 Å². The number of hydrogen-bond donors (Lipinski definition) is 1. The van der Waals surface area contributed by atoms with E-state index in [4.69, 9.17) is 4.74 Å². The van der Waals surface area contributed by atoms with E-state index in [1.165, 1.54) is 18.2 Å². The van der Waals surface area contributed by atoms with Gasteiger partial charge in [-0.3, -0.25) is 14.9 Å². The van der Waals surface area contributed by atoms with Crippen LogP contribution in [0.25, 0.3) is 6.08 Å². The second-order valence-corrected chi connectivity index (χ2v) is 7.55. The van der Waals surface area contributed by atoms with Crippen molar-refractivity contribution >= 4 is 29.0 Å². The lowest BCUT2D eigenvalue weighted by molar-refractivity contribution is -0.143. The number of nitrogens with one attached hydrogen (secondary N) is 1. The topological polar surface area (TPSA) is 55.4 Å². The average molecular weight is 461 g/mol. The van der Waals surface area contributed by atoms with Crippen LogP contribution >= 0.6 is 11.8 Å². The SMILES string of the molecule is Cc1cc(C=C2SC(=O)NC2=O)ccc1OCc1ccc(C(F)(F)F)cc1C(F)(F)F. The van der Waals surface area contributed by atoms with Crippen molar-refractivity contribution in [3.8, 4) is 5.75 Å². The molecule has 3 rings (SSSR count). The molecular formula is C20H13F6NO3S. The maximum atomic E-state index is 13.2. The van der Waals surface area contributed by atoms with E-state index in [0.717, 1.165) is 17.8 Å². The zero-order chi connectivity index (χ0) is 23.0. The number of amides is 2. The molecule has 31 heavy (non-hydrogen) atoms. The van der Waals surface area contributed by atoms with E-state index in [1.54, 1.807) is 13.0 Å². The summed E-state index contributed by atoms with van der Waals surface area (Å²) in [6.45, 7) is 1.02. The zero-order valence-electron chi connectivity index (χ0n) is 15.6. The summed E-state index contributed by atoms with van der Waals surface area (Å²) in [6, 6.07) is 5.96. The molecule has 0 spiro atoms. The number of carbonyl (C=O) groups is 2. The molecule has 0 saturated carbocycles. The minimum absolute atomic E-state index is 0.0619. The minimum atomic E-state index is -4.98. The number of ether oxygens (including phenoxy) is 1. The second kappa shape index (κ2) is 8.29. The maximum absolute atomic E-state index is 13.2. The fourth-order valence-electron chi connectivity index (χ4n) is 2.79. The molecule has 11 heteroatoms. The van der Waals surface area contributed by atoms with Crippen molar-refractivity contribution in [2.24, 2.45) is 0 Å². The summed E-state index contributed by atoms with van der Waals surface area (Å²) < 4.78 is 83.4. The zero-order valence-corrected chi connectivity index (χ0v) is 16.5. The Morgan fingerprint density at radius 1 is 1.00 bits per heavy atom. The molecule has 0 unspecified atom stereocenters. The van der Waals surface area contributed by atoms with Crippen molar-refractivity contribution in [3.63, 3.8) is 0 Å². The third kappa shape index (κ3) is 5.40. The molecule has 2 aromatic rings. The van der Waals surface area contributed by atoms with Crippen LogP contribution in [-0.4, -0.2) is 11.1 Å². The Morgan fingerprint density at radius 3 is 2.26 bits per heavy atom. The first-order chi connectivity index (χ1) is 14.3. The highest BCUT2D eigenvalue weighted by Gasteiger charge is 2.38. The van der Waals surface area contributed by atoms with E-state index in [0.29, 0.717) is 17.2 Å². The van der Waals surface area contributed by atoms with Crippen LogP contribution in [0.2, 0.25) is 0 Å². The number of imide groups is 1. The average Bonchev–Trinajstić information content (AvgIpc) is 2.96. The molecule has 164 valence electrons. The number of benzene rings is 2. The summed E-state index contributed by atoms with van der Waals surface area (Å²) in [5.41, 5.74) is -2.18. The predicted molar refractivity (Wildman–Crippen MR) is 101 cm³/mol. The molecule has 0 aliphatic carbocycles. The van der Waals surface area contributed by atoms with Crippen LogP contribution in [0.15, 0.2) is 41.3 Å². The number of aryl methyl sites for hydroxylation is 1. The molecular weight excluding hydrogens is 448 g/mol. The normalized spacial score (nSPS) is 16.0. The van der Waals surface area contributed by atoms with Crippen LogP contribution in [0, 0.1) is 6.92 Å². The molecule has 0 atom stereocenters. The molecule has 1 saturated heterocycles. The van der Waals surface area contributed by atoms with Crippen molar-refractivity contribution in [3.05, 3.63) is 69.1 Å². The van der Waals surface area contributed by atoms with Gasteiger partial charge in [0.1, 0.15) is 12.4 Å². The molecule has 4 nitrogen and oxygen atoms in total. The van der Waals surface area contributed by atoms with Gasteiger partial charge in [-0.25, -0.2) is 0 Å². The molecule has 2 aromatic carbocycles. The van der Waals surface area contributed by atoms with Gasteiger partial charge in [0, 0.05) is 5.56 Å². The number of hydrogen-bond acceptors (Lipinski definition) is 4. The predicted octanol–water partition coefficient (Wildman–Crippen LogP) is 5.94. The Bertz CT molecular complexity index is 1080. The first-order valence-corrected chi connectivity index (χ1v) is 9.42. The van der Waals surface area contributed by atoms with E-state index < -0.39 is 46.8 Å². The van der Waals surface area contributed by atoms with Crippen molar-refractivity contribution in [2.75, 3.05) is 0 Å². The summed E-state index contributed by atoms with van der Waals surface area (Å²) in [5, 5.41) is 1.62. The van der Waals surface area contributed by atoms with Gasteiger partial charge in [0.15, 0.2) is 0 Å². The number of rotatable bonds is 4. The molecule has 0 radical (unpaired) electrons. The van der Waals surface area contributed by atoms with Crippen molar-refractivity contribution in [1.29, 1.82) is 0 Å². The van der Waals surface area contributed by atoms with Gasteiger partial charge in [-0.2, -0.15) is 26.3 Å². The summed E-state index contributed by atoms with van der Waals surface area (Å²) in [6.07, 6.45) is -8.42. The monoisotopic (exact) mass is 461 g/mol. The lowest BCUT2D eigenvalue weighted by Crippen LogP contribution is -2.17. The van der Waals surface area contributed by atoms with Gasteiger partial charge < -0.3 is 4.74 Å². The Balaban J connectivity index is 1.81. The van der Waals surface area contributed by atoms with Gasteiger partial charge in [0.2, 0.25) is 0 Å². The number of thioether (sulfide) groups is 1. The van der Waals surface area contributed by atoms with Crippen LogP contribution in [0.4, 0.5) is 31.1 Å². The van der Waals surface area contributed by atoms with Gasteiger partial charge in [0.05, 0.1) is 16.0 Å². The van der Waals surface area contributed by atoms with E-state index in [1.807, 2.05) is 0 Å². The van der Waals surface area contributed by atoms with Gasteiger partial charge in [-0.1, -0.05) is 12.1 Å². The van der Waals surface area contributed by atoms with Crippen molar-refractivity contribution in [2.45, 2.75) is 25.9 Å². The van der Waals surface area contributed by atoms with Gasteiger partial charge in [-0.05, 0) is 60.2 Å². The van der Waals surface area contributed by atoms with Crippen LogP contribution < -0.4 is 10.1 Å². The summed E-state index contributed by atoms with van der Waals surface area (Å²) >= 11 is 0.736. The van der Waals surface area contributed by atoms with E-state index in [2.05, 4.69) is 5.32 Å². The minimum Gasteiger partial charge on any atom is -0.489 e. The first kappa shape index (κ1) is 22.7. The molecule has 1 fully saturated rings. The molecule has 1 N–H and O–H groups in total. The molecule has 1 aliphatic rings. The van der Waals surface area contributed by atoms with Crippen molar-refractivity contribution in [1.82, 2.24) is 5.32 Å². The van der Waals surface area contributed by atoms with Crippen LogP contribution in [-0.2, 0) is 23.8 Å². The fraction of sp³-hybridized carbons (Fsp3) is 0.200. The van der Waals surface area contributed by atoms with E-state index in [-0.39, 0.29) is 16.7 Å².